The molecule has 0 amide bonds. The maximum Gasteiger partial charge on any atom is 0.363 e. The zero-order valence-electron chi connectivity index (χ0n) is 17.4. The lowest BCUT2D eigenvalue weighted by Crippen LogP contribution is -2.06. The van der Waals surface area contributed by atoms with E-state index < -0.39 is 10.9 Å². The molecule has 0 spiro atoms. The molecule has 1 aliphatic rings. The molecule has 0 aromatic heterocycles. The number of unbranched alkanes of at least 4 members (excludes halogenated alkanes) is 1. The van der Waals surface area contributed by atoms with Crippen molar-refractivity contribution >= 4 is 57.8 Å². The van der Waals surface area contributed by atoms with Gasteiger partial charge in [0.25, 0.3) is 5.69 Å². The Morgan fingerprint density at radius 2 is 2.03 bits per heavy atom. The van der Waals surface area contributed by atoms with E-state index in [4.69, 9.17) is 25.8 Å². The first-order valence-electron chi connectivity index (χ1n) is 9.90. The molecule has 0 unspecified atom stereocenters. The minimum atomic E-state index is -0.648. The van der Waals surface area contributed by atoms with Crippen LogP contribution in [0.15, 0.2) is 41.0 Å². The van der Waals surface area contributed by atoms with Crippen LogP contribution in [0.3, 0.4) is 0 Å². The topological polar surface area (TPSA) is 100 Å². The lowest BCUT2D eigenvalue weighted by molar-refractivity contribution is -0.384. The lowest BCUT2D eigenvalue weighted by atomic mass is 10.1. The van der Waals surface area contributed by atoms with Gasteiger partial charge in [-0.2, -0.15) is 0 Å². The maximum atomic E-state index is 12.4. The summed E-state index contributed by atoms with van der Waals surface area (Å²) in [6, 6.07) is 7.49. The molecule has 0 fully saturated rings. The van der Waals surface area contributed by atoms with Crippen molar-refractivity contribution in [3.05, 3.63) is 65.9 Å². The Morgan fingerprint density at radius 1 is 1.25 bits per heavy atom. The molecular weight excluding hydrogens is 551 g/mol. The second-order valence-electron chi connectivity index (χ2n) is 6.72. The first-order valence-corrected chi connectivity index (χ1v) is 11.4. The number of nitro benzene ring substituents is 1. The van der Waals surface area contributed by atoms with Gasteiger partial charge < -0.3 is 14.2 Å². The largest absolute Gasteiger partial charge is 0.490 e. The first kappa shape index (κ1) is 24.0. The Morgan fingerprint density at radius 3 is 2.69 bits per heavy atom. The van der Waals surface area contributed by atoms with Crippen LogP contribution in [0.2, 0.25) is 5.02 Å². The van der Waals surface area contributed by atoms with Crippen LogP contribution in [0.4, 0.5) is 5.69 Å². The van der Waals surface area contributed by atoms with Gasteiger partial charge in [0.1, 0.15) is 0 Å². The summed E-state index contributed by atoms with van der Waals surface area (Å²) in [6.45, 7) is 5.02. The molecular formula is C22H20ClIN2O6. The van der Waals surface area contributed by atoms with Crippen molar-refractivity contribution in [2.75, 3.05) is 13.2 Å². The van der Waals surface area contributed by atoms with Gasteiger partial charge in [-0.3, -0.25) is 10.1 Å². The number of esters is 1. The average molecular weight is 571 g/mol. The summed E-state index contributed by atoms with van der Waals surface area (Å²) in [5, 5.41) is 11.0. The van der Waals surface area contributed by atoms with Gasteiger partial charge in [-0.05, 0) is 65.8 Å². The average Bonchev–Trinajstić information content (AvgIpc) is 3.10. The molecule has 2 aromatic carbocycles. The number of hydrogen-bond donors (Lipinski definition) is 0. The number of nitro groups is 1. The zero-order chi connectivity index (χ0) is 23.3. The molecule has 8 nitrogen and oxygen atoms in total. The van der Waals surface area contributed by atoms with Crippen molar-refractivity contribution in [2.24, 2.45) is 4.99 Å². The Hall–Kier alpha value is -2.66. The fraction of sp³-hybridized carbons (Fsp3) is 0.273. The number of nitrogens with zero attached hydrogens (tertiary/aromatic N) is 2. The monoisotopic (exact) mass is 570 g/mol. The smallest absolute Gasteiger partial charge is 0.363 e. The van der Waals surface area contributed by atoms with Crippen molar-refractivity contribution in [3.63, 3.8) is 0 Å². The van der Waals surface area contributed by atoms with Gasteiger partial charge in [0.05, 0.1) is 32.3 Å². The molecule has 0 atom stereocenters. The second-order valence-corrected chi connectivity index (χ2v) is 8.29. The van der Waals surface area contributed by atoms with E-state index in [1.807, 2.05) is 13.0 Å². The van der Waals surface area contributed by atoms with Gasteiger partial charge in [-0.1, -0.05) is 24.9 Å². The van der Waals surface area contributed by atoms with Crippen LogP contribution in [0, 0.1) is 13.7 Å². The molecule has 0 saturated heterocycles. The fourth-order valence-corrected chi connectivity index (χ4v) is 3.90. The van der Waals surface area contributed by atoms with Gasteiger partial charge in [0.15, 0.2) is 17.2 Å². The van der Waals surface area contributed by atoms with Crippen LogP contribution >= 0.6 is 34.2 Å². The highest BCUT2D eigenvalue weighted by atomic mass is 127. The molecule has 0 aliphatic carbocycles. The number of aliphatic imine (C=N–C) groups is 1. The van der Waals surface area contributed by atoms with Crippen LogP contribution in [-0.2, 0) is 9.53 Å². The van der Waals surface area contributed by atoms with E-state index in [0.29, 0.717) is 35.8 Å². The minimum Gasteiger partial charge on any atom is -0.490 e. The number of benzene rings is 2. The third kappa shape index (κ3) is 5.57. The normalized spacial score (nSPS) is 14.3. The van der Waals surface area contributed by atoms with Crippen molar-refractivity contribution < 1.29 is 23.9 Å². The number of rotatable bonds is 9. The summed E-state index contributed by atoms with van der Waals surface area (Å²) in [5.41, 5.74) is 0.886. The Balaban J connectivity index is 1.93. The standard InChI is InChI=1S/C22H20ClIN2O6/c1-3-5-8-31-20-17(24)9-13(11-19(20)30-4-2)10-18-22(27)32-21(25-18)15-7-6-14(26(28)29)12-16(15)23/h6-7,9-12H,3-5,8H2,1-2H3/b18-10-. The number of carbonyl (C=O) groups excluding carboxylic acids is 1. The third-order valence-electron chi connectivity index (χ3n) is 4.39. The molecule has 0 bridgehead atoms. The molecule has 1 heterocycles. The van der Waals surface area contributed by atoms with Crippen molar-refractivity contribution in [1.82, 2.24) is 0 Å². The van der Waals surface area contributed by atoms with Crippen molar-refractivity contribution in [1.29, 1.82) is 0 Å². The van der Waals surface area contributed by atoms with Gasteiger partial charge in [-0.25, -0.2) is 9.79 Å². The molecule has 0 radical (unpaired) electrons. The summed E-state index contributed by atoms with van der Waals surface area (Å²) in [6.07, 6.45) is 3.53. The predicted molar refractivity (Wildman–Crippen MR) is 129 cm³/mol. The maximum absolute atomic E-state index is 12.4. The summed E-state index contributed by atoms with van der Waals surface area (Å²) in [7, 11) is 0. The summed E-state index contributed by atoms with van der Waals surface area (Å²) < 4.78 is 17.7. The minimum absolute atomic E-state index is 0.0135. The Kier molecular flexibility index (Phi) is 8.08. The first-order chi connectivity index (χ1) is 15.3. The SMILES string of the molecule is CCCCOc1c(I)cc(/C=C2\N=C(c3ccc([N+](=O)[O-])cc3Cl)OC2=O)cc1OCC. The van der Waals surface area contributed by atoms with Crippen LogP contribution in [0.25, 0.3) is 6.08 Å². The molecule has 168 valence electrons. The van der Waals surface area contributed by atoms with E-state index in [0.717, 1.165) is 16.4 Å². The highest BCUT2D eigenvalue weighted by Gasteiger charge is 2.27. The van der Waals surface area contributed by atoms with E-state index >= 15 is 0 Å². The summed E-state index contributed by atoms with van der Waals surface area (Å²) in [4.78, 5) is 26.9. The highest BCUT2D eigenvalue weighted by molar-refractivity contribution is 14.1. The van der Waals surface area contributed by atoms with Crippen LogP contribution < -0.4 is 9.47 Å². The predicted octanol–water partition coefficient (Wildman–Crippen LogP) is 5.77. The lowest BCUT2D eigenvalue weighted by Gasteiger charge is -2.14. The molecule has 0 N–H and O–H groups in total. The number of cyclic esters (lactones) is 1. The van der Waals surface area contributed by atoms with Gasteiger partial charge in [-0.15, -0.1) is 0 Å². The van der Waals surface area contributed by atoms with E-state index in [1.54, 1.807) is 12.1 Å². The molecule has 2 aromatic rings. The zero-order valence-corrected chi connectivity index (χ0v) is 20.3. The van der Waals surface area contributed by atoms with E-state index in [9.17, 15) is 14.9 Å². The number of carbonyl (C=O) groups is 1. The molecule has 10 heteroatoms. The third-order valence-corrected chi connectivity index (χ3v) is 5.51. The summed E-state index contributed by atoms with van der Waals surface area (Å²) >= 11 is 8.29. The molecule has 3 rings (SSSR count). The van der Waals surface area contributed by atoms with Gasteiger partial charge >= 0.3 is 5.97 Å². The second kappa shape index (κ2) is 10.8. The Labute approximate surface area is 203 Å². The number of ether oxygens (including phenoxy) is 3. The van der Waals surface area contributed by atoms with Crippen LogP contribution in [0.5, 0.6) is 11.5 Å². The molecule has 0 saturated carbocycles. The number of non-ortho nitro benzene ring substituents is 1. The van der Waals surface area contributed by atoms with E-state index in [-0.39, 0.29) is 22.3 Å². The Bertz CT molecular complexity index is 1120. The molecule has 32 heavy (non-hydrogen) atoms. The van der Waals surface area contributed by atoms with Crippen LogP contribution in [0.1, 0.15) is 37.8 Å². The highest BCUT2D eigenvalue weighted by Crippen LogP contribution is 2.36. The fourth-order valence-electron chi connectivity index (χ4n) is 2.87. The van der Waals surface area contributed by atoms with Crippen LogP contribution in [-0.4, -0.2) is 30.0 Å². The molecule has 1 aliphatic heterocycles. The van der Waals surface area contributed by atoms with Crippen molar-refractivity contribution in [3.8, 4) is 11.5 Å². The van der Waals surface area contributed by atoms with Gasteiger partial charge in [0.2, 0.25) is 5.90 Å². The van der Waals surface area contributed by atoms with E-state index in [2.05, 4.69) is 34.5 Å². The van der Waals surface area contributed by atoms with Gasteiger partial charge in [0, 0.05) is 12.1 Å². The number of hydrogen-bond acceptors (Lipinski definition) is 7. The van der Waals surface area contributed by atoms with Crippen molar-refractivity contribution in [2.45, 2.75) is 26.7 Å². The quantitative estimate of drug-likeness (QED) is 0.0947. The summed E-state index contributed by atoms with van der Waals surface area (Å²) in [5.74, 6) is 0.585. The number of halogens is 2. The van der Waals surface area contributed by atoms with E-state index in [1.165, 1.54) is 18.2 Å².